The highest BCUT2D eigenvalue weighted by Gasteiger charge is 2.14. The van der Waals surface area contributed by atoms with Crippen molar-refractivity contribution >= 4 is 7.60 Å². The van der Waals surface area contributed by atoms with E-state index in [0.29, 0.717) is 12.3 Å². The number of hydrogen-bond acceptors (Lipinski definition) is 1. The van der Waals surface area contributed by atoms with E-state index in [2.05, 4.69) is 86.7 Å². The Morgan fingerprint density at radius 1 is 0.909 bits per heavy atom. The summed E-state index contributed by atoms with van der Waals surface area (Å²) in [5.41, 5.74) is 5.33. The van der Waals surface area contributed by atoms with Crippen molar-refractivity contribution in [3.63, 3.8) is 0 Å². The molecule has 0 heterocycles. The predicted molar refractivity (Wildman–Crippen MR) is 143 cm³/mol. The first kappa shape index (κ1) is 29.1. The summed E-state index contributed by atoms with van der Waals surface area (Å²) in [5, 5.41) is 0. The van der Waals surface area contributed by atoms with Crippen molar-refractivity contribution in [1.82, 2.24) is 0 Å². The number of rotatable bonds is 13. The van der Waals surface area contributed by atoms with Gasteiger partial charge < -0.3 is 9.79 Å². The Bertz CT molecular complexity index is 862. The molecule has 0 aliphatic heterocycles. The summed E-state index contributed by atoms with van der Waals surface area (Å²) in [6.07, 6.45) is 10.8. The quantitative estimate of drug-likeness (QED) is 0.228. The minimum absolute atomic E-state index is 0.0386. The monoisotopic (exact) mass is 470 g/mol. The van der Waals surface area contributed by atoms with Crippen LogP contribution in [0.1, 0.15) is 83.3 Å². The van der Waals surface area contributed by atoms with Crippen LogP contribution in [0.25, 0.3) is 0 Å². The summed E-state index contributed by atoms with van der Waals surface area (Å²) >= 11 is 0. The van der Waals surface area contributed by atoms with Crippen molar-refractivity contribution in [2.45, 2.75) is 78.6 Å². The molecule has 2 N–H and O–H groups in total. The van der Waals surface area contributed by atoms with Gasteiger partial charge in [-0.1, -0.05) is 97.8 Å². The van der Waals surface area contributed by atoms with E-state index in [9.17, 15) is 14.4 Å². The van der Waals surface area contributed by atoms with Crippen molar-refractivity contribution in [2.75, 3.05) is 6.16 Å². The maximum Gasteiger partial charge on any atom is 0.325 e. The number of aryl methyl sites for hydroxylation is 1. The van der Waals surface area contributed by atoms with Crippen LogP contribution in [0.15, 0.2) is 84.0 Å². The van der Waals surface area contributed by atoms with Crippen LogP contribution in [0.4, 0.5) is 0 Å². The lowest BCUT2D eigenvalue weighted by atomic mass is 9.88. The molecule has 0 amide bonds. The molecule has 182 valence electrons. The molecule has 3 nitrogen and oxygen atoms in total. The fraction of sp³-hybridized carbons (Fsp3) is 0.448. The zero-order valence-corrected chi connectivity index (χ0v) is 21.8. The van der Waals surface area contributed by atoms with Crippen LogP contribution in [0.2, 0.25) is 0 Å². The predicted octanol–water partition coefficient (Wildman–Crippen LogP) is 8.45. The molecule has 4 heteroatoms. The lowest BCUT2D eigenvalue weighted by Crippen LogP contribution is -2.01. The molecular weight excluding hydrogens is 427 g/mol. The van der Waals surface area contributed by atoms with Crippen LogP contribution in [-0.2, 0) is 11.0 Å². The number of allylic oxidation sites excluding steroid dienone is 4. The fourth-order valence-corrected chi connectivity index (χ4v) is 4.40. The third-order valence-electron chi connectivity index (χ3n) is 5.55. The Balaban J connectivity index is 0.00000265. The van der Waals surface area contributed by atoms with E-state index in [0.717, 1.165) is 38.5 Å². The van der Waals surface area contributed by atoms with Crippen LogP contribution in [0.3, 0.4) is 0 Å². The molecule has 2 aromatic rings. The molecule has 2 aromatic carbocycles. The Morgan fingerprint density at radius 3 is 2.09 bits per heavy atom. The molecule has 0 fully saturated rings. The van der Waals surface area contributed by atoms with Crippen molar-refractivity contribution in [2.24, 2.45) is 0 Å². The largest absolute Gasteiger partial charge is 0.325 e. The third kappa shape index (κ3) is 14.0. The highest BCUT2D eigenvalue weighted by Crippen LogP contribution is 2.36. The third-order valence-corrected chi connectivity index (χ3v) is 6.45. The van der Waals surface area contributed by atoms with Gasteiger partial charge in [0, 0.05) is 0 Å². The second-order valence-electron chi connectivity index (χ2n) is 8.54. The second kappa shape index (κ2) is 16.6. The average molecular weight is 471 g/mol. The first-order valence-corrected chi connectivity index (χ1v) is 14.1. The van der Waals surface area contributed by atoms with Gasteiger partial charge in [-0.2, -0.15) is 0 Å². The van der Waals surface area contributed by atoms with Crippen LogP contribution in [0.5, 0.6) is 0 Å². The maximum absolute atomic E-state index is 11.3. The molecule has 0 aliphatic carbocycles. The minimum Gasteiger partial charge on any atom is -0.324 e. The Hall–Kier alpha value is -1.93. The molecule has 33 heavy (non-hydrogen) atoms. The van der Waals surface area contributed by atoms with E-state index in [4.69, 9.17) is 0 Å². The zero-order chi connectivity index (χ0) is 24.5. The summed E-state index contributed by atoms with van der Waals surface area (Å²) in [6, 6.07) is 21.3. The van der Waals surface area contributed by atoms with Crippen molar-refractivity contribution in [3.05, 3.63) is 95.1 Å². The zero-order valence-electron chi connectivity index (χ0n) is 20.9. The van der Waals surface area contributed by atoms with E-state index < -0.39 is 7.60 Å². The second-order valence-corrected chi connectivity index (χ2v) is 10.3. The molecule has 1 atom stereocenters. The first-order chi connectivity index (χ1) is 15.8. The summed E-state index contributed by atoms with van der Waals surface area (Å²) in [5.74, 6) is 0.432. The fourth-order valence-electron chi connectivity index (χ4n) is 3.83. The van der Waals surface area contributed by atoms with Gasteiger partial charge in [0.2, 0.25) is 0 Å². The lowest BCUT2D eigenvalue weighted by Gasteiger charge is -2.17. The van der Waals surface area contributed by atoms with Gasteiger partial charge in [-0.15, -0.1) is 0 Å². The molecule has 0 saturated heterocycles. The molecule has 1 unspecified atom stereocenters. The standard InChI is InChI=1S/C27H37O3P.C2H6/c1-23(2)11-9-14-25(15-10-22-31(28,29)30)19-21-27(26-16-7-4-8-17-26)20-18-24-12-5-3-6-13-24;1-2/h3-8,11-13,16-17,19,27H,9-10,14-15,18,20-22H2,1-2H3,(H2,28,29,30);1-2H3/b25-19+;. The highest BCUT2D eigenvalue weighted by molar-refractivity contribution is 7.51. The van der Waals surface area contributed by atoms with E-state index >= 15 is 0 Å². The molecule has 0 aliphatic rings. The van der Waals surface area contributed by atoms with Crippen molar-refractivity contribution in [1.29, 1.82) is 0 Å². The van der Waals surface area contributed by atoms with E-state index in [1.807, 2.05) is 13.8 Å². The Labute approximate surface area is 201 Å². The van der Waals surface area contributed by atoms with E-state index in [1.165, 1.54) is 22.3 Å². The smallest absolute Gasteiger partial charge is 0.324 e. The average Bonchev–Trinajstić information content (AvgIpc) is 2.80. The molecule has 0 radical (unpaired) electrons. The number of hydrogen-bond donors (Lipinski definition) is 2. The van der Waals surface area contributed by atoms with Crippen LogP contribution in [0, 0.1) is 0 Å². The normalized spacial score (nSPS) is 12.5. The van der Waals surface area contributed by atoms with Gasteiger partial charge in [-0.25, -0.2) is 0 Å². The SMILES string of the molecule is CC.CC(C)=CCC/C(=C\CC(CCc1ccccc1)c1ccccc1)CCCP(=O)(O)O. The molecule has 0 bridgehead atoms. The van der Waals surface area contributed by atoms with Gasteiger partial charge in [0.15, 0.2) is 0 Å². The van der Waals surface area contributed by atoms with Gasteiger partial charge >= 0.3 is 7.60 Å². The first-order valence-electron chi connectivity index (χ1n) is 12.3. The van der Waals surface area contributed by atoms with Gasteiger partial charge in [0.1, 0.15) is 0 Å². The van der Waals surface area contributed by atoms with Crippen LogP contribution in [-0.4, -0.2) is 15.9 Å². The molecular formula is C29H43O3P. The Kier molecular flexibility index (Phi) is 14.7. The van der Waals surface area contributed by atoms with Gasteiger partial charge in [-0.3, -0.25) is 4.57 Å². The summed E-state index contributed by atoms with van der Waals surface area (Å²) in [4.78, 5) is 18.4. The van der Waals surface area contributed by atoms with E-state index in [1.54, 1.807) is 0 Å². The maximum atomic E-state index is 11.3. The number of benzene rings is 2. The van der Waals surface area contributed by atoms with E-state index in [-0.39, 0.29) is 6.16 Å². The summed E-state index contributed by atoms with van der Waals surface area (Å²) in [7, 11) is -3.93. The van der Waals surface area contributed by atoms with Crippen LogP contribution >= 0.6 is 7.60 Å². The lowest BCUT2D eigenvalue weighted by molar-refractivity contribution is 0.371. The molecule has 2 rings (SSSR count). The van der Waals surface area contributed by atoms with Crippen molar-refractivity contribution < 1.29 is 14.4 Å². The summed E-state index contributed by atoms with van der Waals surface area (Å²) < 4.78 is 11.3. The molecule has 0 aromatic heterocycles. The Morgan fingerprint density at radius 2 is 1.52 bits per heavy atom. The van der Waals surface area contributed by atoms with Crippen molar-refractivity contribution in [3.8, 4) is 0 Å². The summed E-state index contributed by atoms with van der Waals surface area (Å²) in [6.45, 7) is 8.21. The minimum atomic E-state index is -3.93. The highest BCUT2D eigenvalue weighted by atomic mass is 31.2. The van der Waals surface area contributed by atoms with Gasteiger partial charge in [-0.05, 0) is 75.8 Å². The topological polar surface area (TPSA) is 57.5 Å². The van der Waals surface area contributed by atoms with Gasteiger partial charge in [0.05, 0.1) is 6.16 Å². The molecule has 0 saturated carbocycles. The van der Waals surface area contributed by atoms with Gasteiger partial charge in [0.25, 0.3) is 0 Å². The van der Waals surface area contributed by atoms with Crippen LogP contribution < -0.4 is 0 Å². The molecule has 0 spiro atoms.